The summed E-state index contributed by atoms with van der Waals surface area (Å²) >= 11 is 0. The van der Waals surface area contributed by atoms with Crippen LogP contribution in [0.15, 0.2) is 41.3 Å². The van der Waals surface area contributed by atoms with Crippen LogP contribution in [-0.4, -0.2) is 38.7 Å². The van der Waals surface area contributed by atoms with E-state index < -0.39 is 21.8 Å². The van der Waals surface area contributed by atoms with E-state index in [4.69, 9.17) is 0 Å². The third kappa shape index (κ3) is 2.34. The fraction of sp³-hybridized carbons (Fsp3) is 0.263. The van der Waals surface area contributed by atoms with Gasteiger partial charge in [0.2, 0.25) is 0 Å². The van der Waals surface area contributed by atoms with Gasteiger partial charge in [0.05, 0.1) is 21.7 Å². The van der Waals surface area contributed by atoms with Gasteiger partial charge in [-0.1, -0.05) is 17.7 Å². The Kier molecular flexibility index (Phi) is 3.66. The fourth-order valence-electron chi connectivity index (χ4n) is 3.57. The van der Waals surface area contributed by atoms with Gasteiger partial charge in [0.25, 0.3) is 21.8 Å². The number of nitrogens with zero attached hydrogens (tertiary/aromatic N) is 2. The molecule has 0 N–H and O–H groups in total. The maximum atomic E-state index is 13.2. The van der Waals surface area contributed by atoms with Gasteiger partial charge in [0.15, 0.2) is 0 Å². The molecule has 2 heterocycles. The Morgan fingerprint density at radius 2 is 1.69 bits per heavy atom. The molecule has 0 fully saturated rings. The molecule has 26 heavy (non-hydrogen) atoms. The van der Waals surface area contributed by atoms with Crippen molar-refractivity contribution in [2.24, 2.45) is 0 Å². The predicted octanol–water partition coefficient (Wildman–Crippen LogP) is 2.36. The van der Waals surface area contributed by atoms with Gasteiger partial charge < -0.3 is 0 Å². The van der Waals surface area contributed by atoms with Gasteiger partial charge in [-0.2, -0.15) is 0 Å². The predicted molar refractivity (Wildman–Crippen MR) is 96.9 cm³/mol. The SMILES string of the molecule is Cc1ccc2c(c1)CCCN2S(=O)(=O)c1ccc2c(c1)C(=O)N(C)C2=O. The summed E-state index contributed by atoms with van der Waals surface area (Å²) < 4.78 is 27.8. The standard InChI is InChI=1S/C19H18N2O4S/c1-12-5-8-17-13(10-12)4-3-9-21(17)26(24,25)14-6-7-15-16(11-14)19(23)20(2)18(15)22/h5-8,10-11H,3-4,9H2,1-2H3. The number of fused-ring (bicyclic) bond motifs is 2. The Labute approximate surface area is 152 Å². The summed E-state index contributed by atoms with van der Waals surface area (Å²) in [7, 11) is -2.43. The van der Waals surface area contributed by atoms with E-state index in [1.807, 2.05) is 25.1 Å². The van der Waals surface area contributed by atoms with E-state index in [9.17, 15) is 18.0 Å². The zero-order valence-electron chi connectivity index (χ0n) is 14.5. The molecule has 0 unspecified atom stereocenters. The molecular weight excluding hydrogens is 352 g/mol. The van der Waals surface area contributed by atoms with E-state index in [1.165, 1.54) is 29.6 Å². The quantitative estimate of drug-likeness (QED) is 0.761. The maximum absolute atomic E-state index is 13.2. The number of sulfonamides is 1. The number of carbonyl (C=O) groups is 2. The van der Waals surface area contributed by atoms with Crippen molar-refractivity contribution < 1.29 is 18.0 Å². The van der Waals surface area contributed by atoms with Gasteiger partial charge in [-0.3, -0.25) is 18.8 Å². The minimum Gasteiger partial charge on any atom is -0.277 e. The van der Waals surface area contributed by atoms with Crippen LogP contribution in [-0.2, 0) is 16.4 Å². The average molecular weight is 370 g/mol. The normalized spacial score (nSPS) is 16.7. The third-order valence-electron chi connectivity index (χ3n) is 4.96. The maximum Gasteiger partial charge on any atom is 0.264 e. The molecule has 0 aliphatic carbocycles. The summed E-state index contributed by atoms with van der Waals surface area (Å²) in [5.41, 5.74) is 3.16. The van der Waals surface area contributed by atoms with Crippen LogP contribution in [0.3, 0.4) is 0 Å². The molecule has 0 spiro atoms. The molecule has 2 aliphatic rings. The molecule has 2 aliphatic heterocycles. The monoisotopic (exact) mass is 370 g/mol. The molecule has 0 bridgehead atoms. The highest BCUT2D eigenvalue weighted by atomic mass is 32.2. The first-order chi connectivity index (χ1) is 12.3. The van der Waals surface area contributed by atoms with Crippen molar-refractivity contribution in [3.8, 4) is 0 Å². The molecule has 0 saturated heterocycles. The second kappa shape index (κ2) is 5.67. The van der Waals surface area contributed by atoms with Crippen molar-refractivity contribution in [1.29, 1.82) is 0 Å². The molecule has 2 amide bonds. The van der Waals surface area contributed by atoms with Crippen molar-refractivity contribution >= 4 is 27.5 Å². The lowest BCUT2D eigenvalue weighted by Gasteiger charge is -2.30. The van der Waals surface area contributed by atoms with Crippen molar-refractivity contribution in [2.45, 2.75) is 24.7 Å². The second-order valence-electron chi connectivity index (χ2n) is 6.69. The van der Waals surface area contributed by atoms with Crippen LogP contribution in [0.5, 0.6) is 0 Å². The van der Waals surface area contributed by atoms with Gasteiger partial charge in [-0.05, 0) is 49.6 Å². The van der Waals surface area contributed by atoms with Crippen molar-refractivity contribution in [1.82, 2.24) is 4.90 Å². The van der Waals surface area contributed by atoms with E-state index in [1.54, 1.807) is 0 Å². The Balaban J connectivity index is 1.81. The average Bonchev–Trinajstić information content (AvgIpc) is 2.85. The van der Waals surface area contributed by atoms with E-state index in [2.05, 4.69) is 0 Å². The Morgan fingerprint density at radius 3 is 2.46 bits per heavy atom. The van der Waals surface area contributed by atoms with Crippen LogP contribution in [0.25, 0.3) is 0 Å². The summed E-state index contributed by atoms with van der Waals surface area (Å²) in [6.45, 7) is 2.37. The minimum absolute atomic E-state index is 0.0288. The Hall–Kier alpha value is -2.67. The summed E-state index contributed by atoms with van der Waals surface area (Å²) in [4.78, 5) is 25.2. The zero-order valence-corrected chi connectivity index (χ0v) is 15.3. The van der Waals surface area contributed by atoms with Gasteiger partial charge in [-0.15, -0.1) is 0 Å². The number of anilines is 1. The number of imide groups is 1. The molecule has 0 aromatic heterocycles. The highest BCUT2D eigenvalue weighted by Crippen LogP contribution is 2.34. The Bertz CT molecular complexity index is 1060. The smallest absolute Gasteiger partial charge is 0.264 e. The topological polar surface area (TPSA) is 74.8 Å². The lowest BCUT2D eigenvalue weighted by molar-refractivity contribution is 0.0693. The molecule has 134 valence electrons. The van der Waals surface area contributed by atoms with Crippen LogP contribution < -0.4 is 4.31 Å². The minimum atomic E-state index is -3.82. The highest BCUT2D eigenvalue weighted by Gasteiger charge is 2.35. The molecule has 2 aromatic rings. The van der Waals surface area contributed by atoms with Crippen molar-refractivity contribution in [3.63, 3.8) is 0 Å². The van der Waals surface area contributed by atoms with Crippen molar-refractivity contribution in [2.75, 3.05) is 17.9 Å². The van der Waals surface area contributed by atoms with Gasteiger partial charge in [0.1, 0.15) is 0 Å². The molecule has 0 atom stereocenters. The van der Waals surface area contributed by atoms with E-state index in [0.717, 1.165) is 28.9 Å². The number of amides is 2. The van der Waals surface area contributed by atoms with E-state index >= 15 is 0 Å². The first kappa shape index (κ1) is 16.8. The van der Waals surface area contributed by atoms with Crippen LogP contribution in [0, 0.1) is 6.92 Å². The molecule has 4 rings (SSSR count). The number of benzene rings is 2. The van der Waals surface area contributed by atoms with Gasteiger partial charge >= 0.3 is 0 Å². The van der Waals surface area contributed by atoms with Crippen LogP contribution in [0.1, 0.15) is 38.3 Å². The number of hydrogen-bond donors (Lipinski definition) is 0. The number of rotatable bonds is 2. The van der Waals surface area contributed by atoms with E-state index in [0.29, 0.717) is 12.2 Å². The lowest BCUT2D eigenvalue weighted by atomic mass is 10.0. The molecular formula is C19H18N2O4S. The second-order valence-corrected chi connectivity index (χ2v) is 8.55. The molecule has 6 nitrogen and oxygen atoms in total. The largest absolute Gasteiger partial charge is 0.277 e. The fourth-order valence-corrected chi connectivity index (χ4v) is 5.14. The summed E-state index contributed by atoms with van der Waals surface area (Å²) in [6, 6.07) is 9.88. The number of hydrogen-bond acceptors (Lipinski definition) is 4. The van der Waals surface area contributed by atoms with Crippen LogP contribution in [0.4, 0.5) is 5.69 Å². The summed E-state index contributed by atoms with van der Waals surface area (Å²) in [5.74, 6) is -0.885. The molecule has 7 heteroatoms. The van der Waals surface area contributed by atoms with Crippen LogP contribution in [0.2, 0.25) is 0 Å². The first-order valence-corrected chi connectivity index (χ1v) is 9.83. The highest BCUT2D eigenvalue weighted by molar-refractivity contribution is 7.92. The Morgan fingerprint density at radius 1 is 0.962 bits per heavy atom. The first-order valence-electron chi connectivity index (χ1n) is 8.39. The molecule has 2 aromatic carbocycles. The van der Waals surface area contributed by atoms with E-state index in [-0.39, 0.29) is 16.0 Å². The van der Waals surface area contributed by atoms with Gasteiger partial charge in [0, 0.05) is 13.6 Å². The number of aryl methyl sites for hydroxylation is 2. The zero-order chi connectivity index (χ0) is 18.6. The van der Waals surface area contributed by atoms with Crippen molar-refractivity contribution in [3.05, 3.63) is 58.7 Å². The molecule has 0 radical (unpaired) electrons. The van der Waals surface area contributed by atoms with Gasteiger partial charge in [-0.25, -0.2) is 8.42 Å². The lowest BCUT2D eigenvalue weighted by Crippen LogP contribution is -2.35. The summed E-state index contributed by atoms with van der Waals surface area (Å²) in [6.07, 6.45) is 1.58. The molecule has 0 saturated carbocycles. The third-order valence-corrected chi connectivity index (χ3v) is 6.77. The van der Waals surface area contributed by atoms with Crippen LogP contribution >= 0.6 is 0 Å². The number of carbonyl (C=O) groups excluding carboxylic acids is 2. The summed E-state index contributed by atoms with van der Waals surface area (Å²) in [5, 5.41) is 0.